The summed E-state index contributed by atoms with van der Waals surface area (Å²) in [6, 6.07) is 12.5. The third-order valence-electron chi connectivity index (χ3n) is 5.41. The molecule has 1 amide bonds. The highest BCUT2D eigenvalue weighted by Crippen LogP contribution is 2.27. The fourth-order valence-electron chi connectivity index (χ4n) is 3.91. The first-order valence-corrected chi connectivity index (χ1v) is 9.58. The van der Waals surface area contributed by atoms with Gasteiger partial charge in [-0.1, -0.05) is 18.2 Å². The van der Waals surface area contributed by atoms with Crippen molar-refractivity contribution in [1.82, 2.24) is 20.4 Å². The van der Waals surface area contributed by atoms with Crippen molar-refractivity contribution in [2.75, 3.05) is 13.1 Å². The van der Waals surface area contributed by atoms with Crippen LogP contribution in [0.2, 0.25) is 0 Å². The van der Waals surface area contributed by atoms with Gasteiger partial charge in [0.1, 0.15) is 11.6 Å². The van der Waals surface area contributed by atoms with E-state index in [2.05, 4.69) is 15.7 Å². The van der Waals surface area contributed by atoms with Gasteiger partial charge in [-0.25, -0.2) is 8.78 Å². The number of piperidine rings is 1. The van der Waals surface area contributed by atoms with E-state index < -0.39 is 11.7 Å². The molecule has 0 radical (unpaired) electrons. The number of halogens is 2. The highest BCUT2D eigenvalue weighted by Gasteiger charge is 2.29. The van der Waals surface area contributed by atoms with Gasteiger partial charge in [-0.05, 0) is 48.9 Å². The van der Waals surface area contributed by atoms with E-state index in [9.17, 15) is 13.6 Å². The molecule has 1 aliphatic heterocycles. The van der Waals surface area contributed by atoms with Crippen molar-refractivity contribution < 1.29 is 13.6 Å². The Balaban J connectivity index is 1.54. The summed E-state index contributed by atoms with van der Waals surface area (Å²) in [4.78, 5) is 12.8. The summed E-state index contributed by atoms with van der Waals surface area (Å²) in [5, 5.41) is 10.3. The maximum absolute atomic E-state index is 14.7. The molecule has 150 valence electrons. The first-order valence-electron chi connectivity index (χ1n) is 9.58. The molecule has 2 heterocycles. The fourth-order valence-corrected chi connectivity index (χ4v) is 3.91. The van der Waals surface area contributed by atoms with Crippen LogP contribution in [0.5, 0.6) is 0 Å². The van der Waals surface area contributed by atoms with Crippen LogP contribution in [-0.2, 0) is 7.05 Å². The average Bonchev–Trinajstić information content (AvgIpc) is 3.14. The van der Waals surface area contributed by atoms with Crippen LogP contribution in [0.1, 0.15) is 28.3 Å². The minimum Gasteiger partial charge on any atom is -0.347 e. The molecule has 29 heavy (non-hydrogen) atoms. The molecule has 2 N–H and O–H groups in total. The fraction of sp³-hybridized carbons (Fsp3) is 0.273. The molecule has 1 aromatic heterocycles. The zero-order valence-corrected chi connectivity index (χ0v) is 16.0. The normalized spacial score (nSPS) is 19.1. The Hall–Kier alpha value is -3.06. The van der Waals surface area contributed by atoms with Gasteiger partial charge in [-0.2, -0.15) is 5.10 Å². The van der Waals surface area contributed by atoms with E-state index in [-0.39, 0.29) is 23.3 Å². The molecule has 1 saturated heterocycles. The minimum absolute atomic E-state index is 0.0144. The number of hydrogen-bond donors (Lipinski definition) is 2. The number of aromatic nitrogens is 2. The van der Waals surface area contributed by atoms with Crippen molar-refractivity contribution >= 4 is 5.91 Å². The summed E-state index contributed by atoms with van der Waals surface area (Å²) in [7, 11) is 1.77. The lowest BCUT2D eigenvalue weighted by molar-refractivity contribution is 0.0920. The molecular weight excluding hydrogens is 374 g/mol. The van der Waals surface area contributed by atoms with Crippen LogP contribution in [0.4, 0.5) is 8.78 Å². The molecule has 0 spiro atoms. The van der Waals surface area contributed by atoms with Gasteiger partial charge in [0.2, 0.25) is 0 Å². The van der Waals surface area contributed by atoms with Crippen LogP contribution < -0.4 is 10.6 Å². The monoisotopic (exact) mass is 396 g/mol. The van der Waals surface area contributed by atoms with Gasteiger partial charge >= 0.3 is 0 Å². The van der Waals surface area contributed by atoms with Crippen LogP contribution in [0.25, 0.3) is 11.3 Å². The van der Waals surface area contributed by atoms with E-state index >= 15 is 0 Å². The molecule has 0 saturated carbocycles. The quantitative estimate of drug-likeness (QED) is 0.712. The predicted octanol–water partition coefficient (Wildman–Crippen LogP) is 3.24. The number of amides is 1. The maximum atomic E-state index is 14.7. The summed E-state index contributed by atoms with van der Waals surface area (Å²) < 4.78 is 30.0. The zero-order valence-electron chi connectivity index (χ0n) is 16.0. The molecule has 7 heteroatoms. The van der Waals surface area contributed by atoms with Crippen molar-refractivity contribution in [3.8, 4) is 11.3 Å². The summed E-state index contributed by atoms with van der Waals surface area (Å²) in [6.45, 7) is 1.32. The molecule has 1 fully saturated rings. The summed E-state index contributed by atoms with van der Waals surface area (Å²) in [5.41, 5.74) is 2.23. The maximum Gasteiger partial charge on any atom is 0.254 e. The van der Waals surface area contributed by atoms with Crippen LogP contribution >= 0.6 is 0 Å². The molecule has 1 aliphatic rings. The molecule has 0 aliphatic carbocycles. The molecule has 0 bridgehead atoms. The van der Waals surface area contributed by atoms with Gasteiger partial charge in [0, 0.05) is 37.3 Å². The largest absolute Gasteiger partial charge is 0.347 e. The second-order valence-electron chi connectivity index (χ2n) is 7.27. The molecule has 3 aromatic rings. The van der Waals surface area contributed by atoms with Gasteiger partial charge in [0.25, 0.3) is 5.91 Å². The lowest BCUT2D eigenvalue weighted by atomic mass is 9.86. The van der Waals surface area contributed by atoms with E-state index in [1.54, 1.807) is 36.1 Å². The van der Waals surface area contributed by atoms with Crippen molar-refractivity contribution in [1.29, 1.82) is 0 Å². The molecule has 2 atom stereocenters. The standard InChI is InChI=1S/C22H22F2N4O/c1-28-21(8-10-26-28)15-5-6-18(19(24)12-15)22(29)27-20-13-25-9-7-17(20)14-3-2-4-16(23)11-14/h2-6,8,10-12,17,20,25H,7,9,13H2,1H3,(H,27,29)/t17-,20+/m1/s1. The van der Waals surface area contributed by atoms with Crippen LogP contribution in [0, 0.1) is 11.6 Å². The summed E-state index contributed by atoms with van der Waals surface area (Å²) in [5.74, 6) is -1.41. The summed E-state index contributed by atoms with van der Waals surface area (Å²) in [6.07, 6.45) is 2.40. The third kappa shape index (κ3) is 4.05. The predicted molar refractivity (Wildman–Crippen MR) is 106 cm³/mol. The number of hydrogen-bond acceptors (Lipinski definition) is 3. The topological polar surface area (TPSA) is 59.0 Å². The SMILES string of the molecule is Cn1nccc1-c1ccc(C(=O)N[C@H]2CNCC[C@@H]2c2cccc(F)c2)c(F)c1. The second-order valence-corrected chi connectivity index (χ2v) is 7.27. The molecule has 5 nitrogen and oxygen atoms in total. The van der Waals surface area contributed by atoms with E-state index in [0.29, 0.717) is 12.1 Å². The summed E-state index contributed by atoms with van der Waals surface area (Å²) >= 11 is 0. The first kappa shape index (κ1) is 19.3. The number of nitrogens with one attached hydrogen (secondary N) is 2. The van der Waals surface area contributed by atoms with Crippen LogP contribution in [0.3, 0.4) is 0 Å². The van der Waals surface area contributed by atoms with Gasteiger partial charge in [-0.3, -0.25) is 9.48 Å². The highest BCUT2D eigenvalue weighted by molar-refractivity contribution is 5.95. The molecular formula is C22H22F2N4O. The Morgan fingerprint density at radius 3 is 2.79 bits per heavy atom. The molecule has 2 aromatic carbocycles. The van der Waals surface area contributed by atoms with Crippen molar-refractivity contribution in [3.63, 3.8) is 0 Å². The molecule has 0 unspecified atom stereocenters. The lowest BCUT2D eigenvalue weighted by Gasteiger charge is -2.33. The second kappa shape index (κ2) is 8.13. The van der Waals surface area contributed by atoms with Gasteiger partial charge in [0.05, 0.1) is 11.3 Å². The lowest BCUT2D eigenvalue weighted by Crippen LogP contribution is -2.50. The van der Waals surface area contributed by atoms with Gasteiger partial charge < -0.3 is 10.6 Å². The number of carbonyl (C=O) groups excluding carboxylic acids is 1. The van der Waals surface area contributed by atoms with Gasteiger partial charge in [-0.15, -0.1) is 0 Å². The zero-order chi connectivity index (χ0) is 20.4. The van der Waals surface area contributed by atoms with Crippen molar-refractivity contribution in [2.45, 2.75) is 18.4 Å². The van der Waals surface area contributed by atoms with Crippen LogP contribution in [-0.4, -0.2) is 34.8 Å². The smallest absolute Gasteiger partial charge is 0.254 e. The number of aryl methyl sites for hydroxylation is 1. The molecule has 4 rings (SSSR count). The highest BCUT2D eigenvalue weighted by atomic mass is 19.1. The van der Waals surface area contributed by atoms with E-state index in [4.69, 9.17) is 0 Å². The Morgan fingerprint density at radius 2 is 2.07 bits per heavy atom. The van der Waals surface area contributed by atoms with Gasteiger partial charge in [0.15, 0.2) is 0 Å². The number of rotatable bonds is 4. The van der Waals surface area contributed by atoms with E-state index in [1.807, 2.05) is 6.07 Å². The number of benzene rings is 2. The van der Waals surface area contributed by atoms with Crippen molar-refractivity contribution in [2.24, 2.45) is 7.05 Å². The van der Waals surface area contributed by atoms with E-state index in [0.717, 1.165) is 24.2 Å². The third-order valence-corrected chi connectivity index (χ3v) is 5.41. The number of carbonyl (C=O) groups is 1. The Bertz CT molecular complexity index is 1030. The van der Waals surface area contributed by atoms with Crippen LogP contribution in [0.15, 0.2) is 54.7 Å². The van der Waals surface area contributed by atoms with Crippen molar-refractivity contribution in [3.05, 3.63) is 77.5 Å². The number of nitrogens with zero attached hydrogens (tertiary/aromatic N) is 2. The Kier molecular flexibility index (Phi) is 5.40. The average molecular weight is 396 g/mol. The first-order chi connectivity index (χ1) is 14.0. The minimum atomic E-state index is -0.590. The Labute approximate surface area is 167 Å². The van der Waals surface area contributed by atoms with E-state index in [1.165, 1.54) is 24.3 Å². The Morgan fingerprint density at radius 1 is 1.21 bits per heavy atom.